The Balaban J connectivity index is 1.21. The molecule has 0 bridgehead atoms. The van der Waals surface area contributed by atoms with Gasteiger partial charge in [0.2, 0.25) is 0 Å². The number of aryl methyl sites for hydroxylation is 4. The van der Waals surface area contributed by atoms with Crippen LogP contribution >= 0.6 is 0 Å². The fourth-order valence-electron chi connectivity index (χ4n) is 5.79. The summed E-state index contributed by atoms with van der Waals surface area (Å²) in [4.78, 5) is 19.1. The van der Waals surface area contributed by atoms with Gasteiger partial charge in [0.1, 0.15) is 5.82 Å². The van der Waals surface area contributed by atoms with Crippen molar-refractivity contribution in [2.24, 2.45) is 5.92 Å². The molecule has 2 atom stereocenters. The van der Waals surface area contributed by atoms with E-state index in [0.29, 0.717) is 5.92 Å². The number of anilines is 1. The lowest BCUT2D eigenvalue weighted by Gasteiger charge is -2.24. The smallest absolute Gasteiger partial charge is 0.304 e. The number of hydrogen-bond acceptors (Lipinski definition) is 5. The number of likely N-dealkylation sites (tertiary alicyclic amines) is 1. The minimum absolute atomic E-state index is 0.0495. The quantitative estimate of drug-likeness (QED) is 0.453. The van der Waals surface area contributed by atoms with E-state index in [-0.39, 0.29) is 12.3 Å². The topological polar surface area (TPSA) is 83.3 Å². The number of carbonyl (C=O) groups is 1. The van der Waals surface area contributed by atoms with Crippen LogP contribution in [0.15, 0.2) is 42.5 Å². The molecule has 36 heavy (non-hydrogen) atoms. The van der Waals surface area contributed by atoms with Crippen LogP contribution in [-0.2, 0) is 17.6 Å². The van der Waals surface area contributed by atoms with Crippen LogP contribution in [0.2, 0.25) is 0 Å². The highest BCUT2D eigenvalue weighted by Crippen LogP contribution is 2.29. The Morgan fingerprint density at radius 3 is 2.92 bits per heavy atom. The molecule has 7 nitrogen and oxygen atoms in total. The zero-order valence-corrected chi connectivity index (χ0v) is 21.4. The van der Waals surface area contributed by atoms with Crippen molar-refractivity contribution in [3.8, 4) is 5.69 Å². The number of carboxylic acid groups (broad SMARTS) is 1. The highest BCUT2D eigenvalue weighted by molar-refractivity contribution is 5.68. The van der Waals surface area contributed by atoms with E-state index in [1.807, 2.05) is 30.7 Å². The number of nitrogens with zero attached hydrogens (tertiary/aromatic N) is 4. The van der Waals surface area contributed by atoms with Crippen molar-refractivity contribution in [3.05, 3.63) is 70.7 Å². The highest BCUT2D eigenvalue weighted by atomic mass is 16.4. The second-order valence-corrected chi connectivity index (χ2v) is 10.5. The van der Waals surface area contributed by atoms with Crippen molar-refractivity contribution in [1.29, 1.82) is 0 Å². The number of hydrogen-bond donors (Lipinski definition) is 2. The Kier molecular flexibility index (Phi) is 7.37. The zero-order valence-electron chi connectivity index (χ0n) is 21.4. The van der Waals surface area contributed by atoms with E-state index in [1.54, 1.807) is 0 Å². The molecule has 1 aromatic carbocycles. The zero-order chi connectivity index (χ0) is 25.1. The van der Waals surface area contributed by atoms with E-state index in [4.69, 9.17) is 4.98 Å². The normalized spacial score (nSPS) is 18.6. The standard InChI is InChI=1S/C29H37N5O2/c1-20-15-21(2)34(32-20)27-7-3-5-24(16-27)25(17-28(35)36)19-33-14-12-22(18-33)8-10-26-11-9-23-6-4-13-30-29(23)31-26/h3,5,7,9,11,15-16,22,25H,4,6,8,10,12-14,17-19H2,1-2H3,(H,30,31)(H,35,36)/t22-,25+/m0/s1. The number of pyridine rings is 1. The first-order valence-electron chi connectivity index (χ1n) is 13.2. The second kappa shape index (κ2) is 10.8. The van der Waals surface area contributed by atoms with Gasteiger partial charge in [0.05, 0.1) is 17.8 Å². The fraction of sp³-hybridized carbons (Fsp3) is 0.483. The summed E-state index contributed by atoms with van der Waals surface area (Å²) < 4.78 is 1.94. The van der Waals surface area contributed by atoms with Gasteiger partial charge in [-0.25, -0.2) is 9.67 Å². The summed E-state index contributed by atoms with van der Waals surface area (Å²) in [6.45, 7) is 7.87. The summed E-state index contributed by atoms with van der Waals surface area (Å²) in [5.74, 6) is 0.902. The van der Waals surface area contributed by atoms with Crippen LogP contribution < -0.4 is 5.32 Å². The minimum Gasteiger partial charge on any atom is -0.481 e. The summed E-state index contributed by atoms with van der Waals surface area (Å²) in [6, 6.07) is 14.7. The number of fused-ring (bicyclic) bond motifs is 1. The predicted molar refractivity (Wildman–Crippen MR) is 142 cm³/mol. The first-order valence-corrected chi connectivity index (χ1v) is 13.2. The molecule has 4 heterocycles. The fourth-order valence-corrected chi connectivity index (χ4v) is 5.79. The number of aliphatic carboxylic acids is 1. The molecule has 2 aliphatic rings. The Morgan fingerprint density at radius 1 is 1.22 bits per heavy atom. The van der Waals surface area contributed by atoms with Crippen molar-refractivity contribution in [2.75, 3.05) is 31.5 Å². The second-order valence-electron chi connectivity index (χ2n) is 10.5. The van der Waals surface area contributed by atoms with E-state index >= 15 is 0 Å². The molecule has 0 aliphatic carbocycles. The van der Waals surface area contributed by atoms with Gasteiger partial charge in [-0.2, -0.15) is 5.10 Å². The SMILES string of the molecule is Cc1cc(C)n(-c2cccc([C@H](CC(=O)O)CN3CC[C@H](CCc4ccc5c(n4)NCCC5)C3)c2)n1. The average molecular weight is 488 g/mol. The molecule has 0 amide bonds. The molecule has 3 aromatic rings. The van der Waals surface area contributed by atoms with Crippen molar-refractivity contribution >= 4 is 11.8 Å². The predicted octanol–water partition coefficient (Wildman–Crippen LogP) is 4.76. The Morgan fingerprint density at radius 2 is 2.11 bits per heavy atom. The number of carboxylic acids is 1. The molecule has 0 saturated carbocycles. The first kappa shape index (κ1) is 24.5. The monoisotopic (exact) mass is 487 g/mol. The third-order valence-corrected chi connectivity index (χ3v) is 7.63. The van der Waals surface area contributed by atoms with Crippen LogP contribution in [0, 0.1) is 19.8 Å². The summed E-state index contributed by atoms with van der Waals surface area (Å²) in [5.41, 5.74) is 6.61. The molecular formula is C29H37N5O2. The van der Waals surface area contributed by atoms with Gasteiger partial charge in [-0.3, -0.25) is 4.79 Å². The van der Waals surface area contributed by atoms with Crippen LogP contribution in [0.3, 0.4) is 0 Å². The lowest BCUT2D eigenvalue weighted by molar-refractivity contribution is -0.137. The van der Waals surface area contributed by atoms with Crippen LogP contribution in [0.4, 0.5) is 5.82 Å². The van der Waals surface area contributed by atoms with Gasteiger partial charge < -0.3 is 15.3 Å². The van der Waals surface area contributed by atoms with Crippen molar-refractivity contribution in [3.63, 3.8) is 0 Å². The average Bonchev–Trinajstić information content (AvgIpc) is 3.47. The highest BCUT2D eigenvalue weighted by Gasteiger charge is 2.27. The van der Waals surface area contributed by atoms with Gasteiger partial charge in [0.15, 0.2) is 0 Å². The van der Waals surface area contributed by atoms with Gasteiger partial charge in [-0.15, -0.1) is 0 Å². The van der Waals surface area contributed by atoms with E-state index in [2.05, 4.69) is 45.6 Å². The minimum atomic E-state index is -0.751. The molecule has 7 heteroatoms. The third-order valence-electron chi connectivity index (χ3n) is 7.63. The Hall–Kier alpha value is -3.19. The maximum Gasteiger partial charge on any atom is 0.304 e. The molecule has 1 fully saturated rings. The van der Waals surface area contributed by atoms with Gasteiger partial charge in [0, 0.05) is 36.9 Å². The molecular weight excluding hydrogens is 450 g/mol. The van der Waals surface area contributed by atoms with Gasteiger partial charge >= 0.3 is 5.97 Å². The molecule has 2 aromatic heterocycles. The third kappa shape index (κ3) is 5.78. The number of aromatic nitrogens is 3. The Bertz CT molecular complexity index is 1220. The molecule has 2 aliphatic heterocycles. The Labute approximate surface area is 213 Å². The molecule has 190 valence electrons. The van der Waals surface area contributed by atoms with Crippen LogP contribution in [0.1, 0.15) is 59.8 Å². The maximum atomic E-state index is 11.7. The summed E-state index contributed by atoms with van der Waals surface area (Å²) in [7, 11) is 0. The molecule has 1 saturated heterocycles. The summed E-state index contributed by atoms with van der Waals surface area (Å²) in [5, 5.41) is 17.7. The molecule has 5 rings (SSSR count). The van der Waals surface area contributed by atoms with Crippen LogP contribution in [0.5, 0.6) is 0 Å². The van der Waals surface area contributed by atoms with E-state index in [0.717, 1.165) is 80.3 Å². The van der Waals surface area contributed by atoms with E-state index in [1.165, 1.54) is 17.7 Å². The van der Waals surface area contributed by atoms with E-state index in [9.17, 15) is 9.90 Å². The summed E-state index contributed by atoms with van der Waals surface area (Å²) in [6.07, 6.45) is 5.72. The molecule has 0 unspecified atom stereocenters. The lowest BCUT2D eigenvalue weighted by atomic mass is 9.94. The number of benzene rings is 1. The van der Waals surface area contributed by atoms with E-state index < -0.39 is 5.97 Å². The largest absolute Gasteiger partial charge is 0.481 e. The maximum absolute atomic E-state index is 11.7. The van der Waals surface area contributed by atoms with Crippen LogP contribution in [0.25, 0.3) is 5.69 Å². The van der Waals surface area contributed by atoms with Crippen LogP contribution in [-0.4, -0.2) is 56.9 Å². The lowest BCUT2D eigenvalue weighted by Crippen LogP contribution is -2.28. The van der Waals surface area contributed by atoms with Gasteiger partial charge in [-0.1, -0.05) is 18.2 Å². The first-order chi connectivity index (χ1) is 17.4. The molecule has 2 N–H and O–H groups in total. The molecule has 0 spiro atoms. The van der Waals surface area contributed by atoms with Gasteiger partial charge in [-0.05, 0) is 93.8 Å². The number of nitrogens with one attached hydrogen (secondary N) is 1. The number of rotatable bonds is 9. The van der Waals surface area contributed by atoms with Crippen molar-refractivity contribution < 1.29 is 9.90 Å². The molecule has 0 radical (unpaired) electrons. The summed E-state index contributed by atoms with van der Waals surface area (Å²) >= 11 is 0. The van der Waals surface area contributed by atoms with Gasteiger partial charge in [0.25, 0.3) is 0 Å². The van der Waals surface area contributed by atoms with Crippen molar-refractivity contribution in [1.82, 2.24) is 19.7 Å². The van der Waals surface area contributed by atoms with Crippen molar-refractivity contribution in [2.45, 2.75) is 58.3 Å².